The van der Waals surface area contributed by atoms with E-state index in [1.807, 2.05) is 0 Å². The smallest absolute Gasteiger partial charge is 0.203 e. The van der Waals surface area contributed by atoms with E-state index in [1.54, 1.807) is 11.3 Å². The molecular formula is C20H25N3S. The molecule has 3 nitrogen and oxygen atoms in total. The molecule has 0 aliphatic heterocycles. The van der Waals surface area contributed by atoms with Crippen LogP contribution in [0, 0.1) is 23.7 Å². The number of nitrogens with zero attached hydrogens (tertiary/aromatic N) is 2. The molecule has 0 unspecified atom stereocenters. The van der Waals surface area contributed by atoms with E-state index in [0.717, 1.165) is 28.7 Å². The Balaban J connectivity index is 1.52. The van der Waals surface area contributed by atoms with Crippen LogP contribution in [0.2, 0.25) is 0 Å². The lowest BCUT2D eigenvalue weighted by Gasteiger charge is -2.34. The summed E-state index contributed by atoms with van der Waals surface area (Å²) in [5.41, 5.74) is 8.61. The molecule has 1 heterocycles. The molecule has 2 atom stereocenters. The van der Waals surface area contributed by atoms with E-state index in [2.05, 4.69) is 62.8 Å². The summed E-state index contributed by atoms with van der Waals surface area (Å²) in [6.07, 6.45) is 3.74. The van der Waals surface area contributed by atoms with Gasteiger partial charge in [0.05, 0.1) is 5.69 Å². The van der Waals surface area contributed by atoms with Gasteiger partial charge < -0.3 is 0 Å². The minimum absolute atomic E-state index is 0.238. The molecule has 1 aromatic carbocycles. The molecule has 0 saturated heterocycles. The van der Waals surface area contributed by atoms with Gasteiger partial charge in [-0.1, -0.05) is 50.6 Å². The van der Waals surface area contributed by atoms with Crippen LogP contribution in [0.5, 0.6) is 0 Å². The Bertz CT molecular complexity index is 787. The molecular weight excluding hydrogens is 314 g/mol. The van der Waals surface area contributed by atoms with E-state index in [0.29, 0.717) is 5.41 Å². The predicted molar refractivity (Wildman–Crippen MR) is 103 cm³/mol. The highest BCUT2D eigenvalue weighted by molar-refractivity contribution is 7.14. The number of nitrogens with one attached hydrogen (secondary N) is 1. The van der Waals surface area contributed by atoms with Gasteiger partial charge in [-0.2, -0.15) is 5.10 Å². The van der Waals surface area contributed by atoms with Gasteiger partial charge in [-0.3, -0.25) is 5.43 Å². The van der Waals surface area contributed by atoms with E-state index in [-0.39, 0.29) is 5.41 Å². The molecule has 2 bridgehead atoms. The zero-order chi connectivity index (χ0) is 16.9. The number of rotatable bonds is 3. The molecule has 2 aliphatic rings. The van der Waals surface area contributed by atoms with Crippen molar-refractivity contribution in [3.8, 4) is 11.3 Å². The third kappa shape index (κ3) is 2.31. The van der Waals surface area contributed by atoms with Crippen molar-refractivity contribution in [1.82, 2.24) is 4.98 Å². The first-order chi connectivity index (χ1) is 11.4. The number of fused-ring (bicyclic) bond motifs is 2. The largest absolute Gasteiger partial charge is 0.253 e. The second kappa shape index (κ2) is 5.41. The zero-order valence-corrected chi connectivity index (χ0v) is 15.7. The van der Waals surface area contributed by atoms with Crippen molar-refractivity contribution >= 4 is 22.2 Å². The third-order valence-corrected chi connectivity index (χ3v) is 7.40. The van der Waals surface area contributed by atoms with Gasteiger partial charge in [0.15, 0.2) is 0 Å². The van der Waals surface area contributed by atoms with Gasteiger partial charge in [0.2, 0.25) is 5.13 Å². The van der Waals surface area contributed by atoms with Crippen molar-refractivity contribution < 1.29 is 0 Å². The van der Waals surface area contributed by atoms with Crippen LogP contribution in [0.1, 0.15) is 45.6 Å². The number of hydrogen-bond donors (Lipinski definition) is 1. The molecule has 1 aromatic heterocycles. The number of hydrazone groups is 1. The molecule has 2 aliphatic carbocycles. The Morgan fingerprint density at radius 1 is 1.21 bits per heavy atom. The number of aromatic nitrogens is 1. The number of aryl methyl sites for hydroxylation is 1. The standard InChI is InChI=1S/C20H25N3S/c1-13-5-7-14(8-6-13)16-12-24-18(21-16)23-22-17-11-15-9-10-20(17,4)19(15,2)3/h5-8,12,15H,9-11H2,1-4H3,(H,21,23)/b22-17-/t15-,20+/m0/s1. The Morgan fingerprint density at radius 2 is 1.96 bits per heavy atom. The maximum atomic E-state index is 4.78. The van der Waals surface area contributed by atoms with Crippen LogP contribution >= 0.6 is 11.3 Å². The van der Waals surface area contributed by atoms with Crippen LogP contribution in [0.25, 0.3) is 11.3 Å². The molecule has 4 rings (SSSR count). The van der Waals surface area contributed by atoms with Crippen molar-refractivity contribution in [3.05, 3.63) is 35.2 Å². The van der Waals surface area contributed by atoms with Gasteiger partial charge >= 0.3 is 0 Å². The fourth-order valence-corrected chi connectivity index (χ4v) is 5.06. The van der Waals surface area contributed by atoms with E-state index >= 15 is 0 Å². The van der Waals surface area contributed by atoms with Crippen LogP contribution in [0.4, 0.5) is 5.13 Å². The molecule has 24 heavy (non-hydrogen) atoms. The van der Waals surface area contributed by atoms with Gasteiger partial charge in [-0.25, -0.2) is 4.98 Å². The quantitative estimate of drug-likeness (QED) is 0.725. The monoisotopic (exact) mass is 339 g/mol. The number of benzene rings is 1. The van der Waals surface area contributed by atoms with Crippen molar-refractivity contribution in [2.75, 3.05) is 5.43 Å². The second-order valence-electron chi connectivity index (χ2n) is 8.07. The summed E-state index contributed by atoms with van der Waals surface area (Å²) >= 11 is 1.62. The van der Waals surface area contributed by atoms with Gasteiger partial charge in [0, 0.05) is 22.1 Å². The topological polar surface area (TPSA) is 37.3 Å². The molecule has 4 heteroatoms. The van der Waals surface area contributed by atoms with Crippen LogP contribution < -0.4 is 5.43 Å². The second-order valence-corrected chi connectivity index (χ2v) is 8.93. The highest BCUT2D eigenvalue weighted by Gasteiger charge is 2.59. The average molecular weight is 340 g/mol. The average Bonchev–Trinajstić information content (AvgIpc) is 3.16. The summed E-state index contributed by atoms with van der Waals surface area (Å²) in [6.45, 7) is 9.31. The molecule has 0 radical (unpaired) electrons. The molecule has 2 saturated carbocycles. The van der Waals surface area contributed by atoms with Gasteiger partial charge in [0.1, 0.15) is 0 Å². The van der Waals surface area contributed by atoms with Crippen molar-refractivity contribution in [2.24, 2.45) is 21.8 Å². The van der Waals surface area contributed by atoms with Crippen LogP contribution in [-0.2, 0) is 0 Å². The molecule has 1 N–H and O–H groups in total. The summed E-state index contributed by atoms with van der Waals surface area (Å²) < 4.78 is 0. The molecule has 0 spiro atoms. The van der Waals surface area contributed by atoms with E-state index in [1.165, 1.54) is 24.1 Å². The minimum Gasteiger partial charge on any atom is -0.253 e. The first-order valence-corrected chi connectivity index (χ1v) is 9.64. The van der Waals surface area contributed by atoms with Crippen molar-refractivity contribution in [2.45, 2.75) is 47.0 Å². The Hall–Kier alpha value is -1.68. The highest BCUT2D eigenvalue weighted by atomic mass is 32.1. The summed E-state index contributed by atoms with van der Waals surface area (Å²) in [5.74, 6) is 0.780. The van der Waals surface area contributed by atoms with Gasteiger partial charge in [-0.15, -0.1) is 11.3 Å². The molecule has 0 amide bonds. The van der Waals surface area contributed by atoms with Gasteiger partial charge in [0.25, 0.3) is 0 Å². The maximum Gasteiger partial charge on any atom is 0.203 e. The molecule has 2 aromatic rings. The fraction of sp³-hybridized carbons (Fsp3) is 0.500. The summed E-state index contributed by atoms with van der Waals surface area (Å²) in [7, 11) is 0. The van der Waals surface area contributed by atoms with Crippen molar-refractivity contribution in [1.29, 1.82) is 0 Å². The summed E-state index contributed by atoms with van der Waals surface area (Å²) in [5, 5.41) is 7.75. The number of anilines is 1. The molecule has 126 valence electrons. The Kier molecular flexibility index (Phi) is 3.57. The predicted octanol–water partition coefficient (Wildman–Crippen LogP) is 5.73. The normalized spacial score (nSPS) is 29.3. The highest BCUT2D eigenvalue weighted by Crippen LogP contribution is 2.63. The summed E-state index contributed by atoms with van der Waals surface area (Å²) in [4.78, 5) is 4.69. The summed E-state index contributed by atoms with van der Waals surface area (Å²) in [6, 6.07) is 8.50. The SMILES string of the molecule is Cc1ccc(-c2csc(N/N=C3/C[C@@H]4CC[C@@]3(C)C4(C)C)n2)cc1. The van der Waals surface area contributed by atoms with Gasteiger partial charge in [-0.05, 0) is 37.5 Å². The number of hydrogen-bond acceptors (Lipinski definition) is 4. The fourth-order valence-electron chi connectivity index (χ4n) is 4.39. The lowest BCUT2D eigenvalue weighted by molar-refractivity contribution is 0.194. The molecule has 2 fully saturated rings. The lowest BCUT2D eigenvalue weighted by Crippen LogP contribution is -2.32. The van der Waals surface area contributed by atoms with E-state index in [4.69, 9.17) is 10.1 Å². The Morgan fingerprint density at radius 3 is 2.58 bits per heavy atom. The third-order valence-electron chi connectivity index (χ3n) is 6.65. The van der Waals surface area contributed by atoms with Crippen LogP contribution in [0.3, 0.4) is 0 Å². The zero-order valence-electron chi connectivity index (χ0n) is 14.9. The van der Waals surface area contributed by atoms with Crippen molar-refractivity contribution in [3.63, 3.8) is 0 Å². The first-order valence-electron chi connectivity index (χ1n) is 8.76. The van der Waals surface area contributed by atoms with E-state index < -0.39 is 0 Å². The van der Waals surface area contributed by atoms with Crippen LogP contribution in [-0.4, -0.2) is 10.7 Å². The van der Waals surface area contributed by atoms with E-state index in [9.17, 15) is 0 Å². The Labute approximate surface area is 148 Å². The number of thiazole rings is 1. The van der Waals surface area contributed by atoms with Crippen LogP contribution in [0.15, 0.2) is 34.7 Å². The minimum atomic E-state index is 0.238. The lowest BCUT2D eigenvalue weighted by atomic mass is 9.70. The maximum absolute atomic E-state index is 4.78. The first kappa shape index (κ1) is 15.8.